The molecule has 0 fully saturated rings. The SMILES string of the molecule is CC(C)=CCC/C(C)=C/CC/C(C)=C\CI. The lowest BCUT2D eigenvalue weighted by molar-refractivity contribution is 0.917. The largest absolute Gasteiger partial charge is 0.0856 e. The minimum atomic E-state index is 1.13. The average Bonchev–Trinajstić information content (AvgIpc) is 2.17. The second-order valence-electron chi connectivity index (χ2n) is 4.61. The third kappa shape index (κ3) is 10.5. The van der Waals surface area contributed by atoms with Crippen molar-refractivity contribution >= 4 is 22.6 Å². The molecule has 0 heterocycles. The van der Waals surface area contributed by atoms with Gasteiger partial charge in [0.25, 0.3) is 0 Å². The fraction of sp³-hybridized carbons (Fsp3) is 0.600. The van der Waals surface area contributed by atoms with Crippen LogP contribution >= 0.6 is 22.6 Å². The third-order valence-electron chi connectivity index (χ3n) is 2.55. The van der Waals surface area contributed by atoms with Crippen LogP contribution in [0.1, 0.15) is 53.4 Å². The van der Waals surface area contributed by atoms with Crippen molar-refractivity contribution in [3.05, 3.63) is 34.9 Å². The standard InChI is InChI=1S/C15H25I/c1-13(2)7-5-8-14(3)9-6-10-15(4)11-12-16/h7,9,11H,5-6,8,10,12H2,1-4H3/b14-9+,15-11-. The van der Waals surface area contributed by atoms with Crippen LogP contribution in [0.5, 0.6) is 0 Å². The summed E-state index contributed by atoms with van der Waals surface area (Å²) in [6, 6.07) is 0. The second-order valence-corrected chi connectivity index (χ2v) is 5.49. The average molecular weight is 332 g/mol. The maximum Gasteiger partial charge on any atom is 0.0178 e. The molecular weight excluding hydrogens is 307 g/mol. The van der Waals surface area contributed by atoms with E-state index in [0.717, 1.165) is 4.43 Å². The van der Waals surface area contributed by atoms with Crippen LogP contribution in [0.3, 0.4) is 0 Å². The molecule has 0 aromatic rings. The number of hydrogen-bond donors (Lipinski definition) is 0. The molecule has 0 spiro atoms. The Morgan fingerprint density at radius 2 is 1.31 bits per heavy atom. The van der Waals surface area contributed by atoms with Gasteiger partial charge in [0.15, 0.2) is 0 Å². The van der Waals surface area contributed by atoms with Crippen LogP contribution in [-0.2, 0) is 0 Å². The molecule has 0 aliphatic carbocycles. The number of hydrogen-bond acceptors (Lipinski definition) is 0. The number of rotatable bonds is 7. The molecule has 0 saturated carbocycles. The van der Waals surface area contributed by atoms with Crippen LogP contribution in [0, 0.1) is 0 Å². The molecule has 0 aromatic heterocycles. The number of halogens is 1. The summed E-state index contributed by atoms with van der Waals surface area (Å²) in [6.07, 6.45) is 11.8. The quantitative estimate of drug-likeness (QED) is 0.312. The van der Waals surface area contributed by atoms with E-state index in [0.29, 0.717) is 0 Å². The maximum absolute atomic E-state index is 2.39. The third-order valence-corrected chi connectivity index (χ3v) is 2.99. The van der Waals surface area contributed by atoms with Crippen molar-refractivity contribution < 1.29 is 0 Å². The lowest BCUT2D eigenvalue weighted by Gasteiger charge is -2.00. The lowest BCUT2D eigenvalue weighted by atomic mass is 10.1. The Morgan fingerprint density at radius 1 is 0.812 bits per heavy atom. The van der Waals surface area contributed by atoms with Crippen LogP contribution in [-0.4, -0.2) is 4.43 Å². The van der Waals surface area contributed by atoms with Crippen molar-refractivity contribution in [2.75, 3.05) is 4.43 Å². The molecule has 0 aliphatic heterocycles. The van der Waals surface area contributed by atoms with E-state index in [4.69, 9.17) is 0 Å². The van der Waals surface area contributed by atoms with Crippen LogP contribution in [0.2, 0.25) is 0 Å². The summed E-state index contributed by atoms with van der Waals surface area (Å²) in [5.41, 5.74) is 4.47. The highest BCUT2D eigenvalue weighted by Gasteiger charge is 1.91. The van der Waals surface area contributed by atoms with E-state index in [-0.39, 0.29) is 0 Å². The van der Waals surface area contributed by atoms with Crippen molar-refractivity contribution in [1.29, 1.82) is 0 Å². The van der Waals surface area contributed by atoms with Crippen LogP contribution < -0.4 is 0 Å². The topological polar surface area (TPSA) is 0 Å². The molecule has 0 bridgehead atoms. The molecule has 0 aliphatic rings. The second kappa shape index (κ2) is 10.1. The van der Waals surface area contributed by atoms with Gasteiger partial charge in [-0.1, -0.05) is 57.5 Å². The number of allylic oxidation sites excluding steroid dienone is 6. The summed E-state index contributed by atoms with van der Waals surface area (Å²) < 4.78 is 1.13. The van der Waals surface area contributed by atoms with Crippen molar-refractivity contribution in [3.63, 3.8) is 0 Å². The first-order valence-electron chi connectivity index (χ1n) is 6.07. The zero-order valence-corrected chi connectivity index (χ0v) is 13.3. The fourth-order valence-corrected chi connectivity index (χ4v) is 2.22. The molecule has 1 heteroatoms. The van der Waals surface area contributed by atoms with Gasteiger partial charge < -0.3 is 0 Å². The van der Waals surface area contributed by atoms with Crippen LogP contribution in [0.15, 0.2) is 34.9 Å². The van der Waals surface area contributed by atoms with Gasteiger partial charge in [-0.3, -0.25) is 0 Å². The Kier molecular flexibility index (Phi) is 10.1. The van der Waals surface area contributed by atoms with Crippen molar-refractivity contribution in [2.45, 2.75) is 53.4 Å². The highest BCUT2D eigenvalue weighted by molar-refractivity contribution is 14.1. The van der Waals surface area contributed by atoms with Gasteiger partial charge in [0.1, 0.15) is 0 Å². The molecule has 0 saturated heterocycles. The van der Waals surface area contributed by atoms with Crippen molar-refractivity contribution in [1.82, 2.24) is 0 Å². The van der Waals surface area contributed by atoms with E-state index >= 15 is 0 Å². The van der Waals surface area contributed by atoms with Gasteiger partial charge in [-0.05, 0) is 53.4 Å². The molecule has 16 heavy (non-hydrogen) atoms. The predicted molar refractivity (Wildman–Crippen MR) is 84.3 cm³/mol. The summed E-state index contributed by atoms with van der Waals surface area (Å²) in [7, 11) is 0. The van der Waals surface area contributed by atoms with E-state index in [1.807, 2.05) is 0 Å². The first-order chi connectivity index (χ1) is 7.56. The van der Waals surface area contributed by atoms with Crippen molar-refractivity contribution in [3.8, 4) is 0 Å². The summed E-state index contributed by atoms with van der Waals surface area (Å²) in [6.45, 7) is 8.80. The fourth-order valence-electron chi connectivity index (χ4n) is 1.47. The van der Waals surface area contributed by atoms with E-state index in [9.17, 15) is 0 Å². The van der Waals surface area contributed by atoms with Crippen LogP contribution in [0.4, 0.5) is 0 Å². The minimum absolute atomic E-state index is 1.13. The molecular formula is C15H25I. The smallest absolute Gasteiger partial charge is 0.0178 e. The molecule has 0 unspecified atom stereocenters. The Balaban J connectivity index is 3.79. The normalized spacial score (nSPS) is 12.8. The summed E-state index contributed by atoms with van der Waals surface area (Å²) in [5.74, 6) is 0. The van der Waals surface area contributed by atoms with E-state index in [2.05, 4.69) is 68.5 Å². The molecule has 0 aromatic carbocycles. The molecule has 0 rings (SSSR count). The Morgan fingerprint density at radius 3 is 1.81 bits per heavy atom. The maximum atomic E-state index is 2.39. The van der Waals surface area contributed by atoms with Gasteiger partial charge >= 0.3 is 0 Å². The zero-order chi connectivity index (χ0) is 12.4. The van der Waals surface area contributed by atoms with Gasteiger partial charge in [0, 0.05) is 4.43 Å². The Bertz CT molecular complexity index is 265. The van der Waals surface area contributed by atoms with E-state index in [1.165, 1.54) is 42.4 Å². The van der Waals surface area contributed by atoms with Gasteiger partial charge in [-0.15, -0.1) is 0 Å². The van der Waals surface area contributed by atoms with Crippen molar-refractivity contribution in [2.24, 2.45) is 0 Å². The zero-order valence-electron chi connectivity index (χ0n) is 11.1. The van der Waals surface area contributed by atoms with E-state index < -0.39 is 0 Å². The van der Waals surface area contributed by atoms with Gasteiger partial charge in [-0.25, -0.2) is 0 Å². The monoisotopic (exact) mass is 332 g/mol. The predicted octanol–water partition coefficient (Wildman–Crippen LogP) is 5.84. The molecule has 0 amide bonds. The van der Waals surface area contributed by atoms with Gasteiger partial charge in [-0.2, -0.15) is 0 Å². The Hall–Kier alpha value is -0.0500. The molecule has 0 N–H and O–H groups in total. The Labute approximate surface area is 115 Å². The molecule has 0 radical (unpaired) electrons. The molecule has 0 nitrogen and oxygen atoms in total. The van der Waals surface area contributed by atoms with E-state index in [1.54, 1.807) is 0 Å². The van der Waals surface area contributed by atoms with Gasteiger partial charge in [0.05, 0.1) is 0 Å². The lowest BCUT2D eigenvalue weighted by Crippen LogP contribution is -1.80. The molecule has 92 valence electrons. The first kappa shape index (κ1) is 16.0. The first-order valence-corrected chi connectivity index (χ1v) is 7.59. The minimum Gasteiger partial charge on any atom is -0.0856 e. The highest BCUT2D eigenvalue weighted by Crippen LogP contribution is 2.11. The van der Waals surface area contributed by atoms with Gasteiger partial charge in [0.2, 0.25) is 0 Å². The number of alkyl halides is 1. The van der Waals surface area contributed by atoms with Crippen LogP contribution in [0.25, 0.3) is 0 Å². The summed E-state index contributed by atoms with van der Waals surface area (Å²) in [4.78, 5) is 0. The summed E-state index contributed by atoms with van der Waals surface area (Å²) in [5, 5.41) is 0. The molecule has 0 atom stereocenters. The highest BCUT2D eigenvalue weighted by atomic mass is 127. The summed E-state index contributed by atoms with van der Waals surface area (Å²) >= 11 is 2.39.